The van der Waals surface area contributed by atoms with E-state index in [0.717, 1.165) is 19.3 Å². The van der Waals surface area contributed by atoms with Crippen LogP contribution in [0.25, 0.3) is 0 Å². The maximum absolute atomic E-state index is 9.94. The third kappa shape index (κ3) is 8.96. The van der Waals surface area contributed by atoms with Crippen LogP contribution in [0.2, 0.25) is 0 Å². The van der Waals surface area contributed by atoms with Gasteiger partial charge in [-0.1, -0.05) is 26.7 Å². The second kappa shape index (κ2) is 9.96. The molecular formula is C9H17NO2. The Kier molecular flexibility index (Phi) is 11.2. The molecule has 0 aromatic rings. The highest BCUT2D eigenvalue weighted by Crippen LogP contribution is 2.11. The summed E-state index contributed by atoms with van der Waals surface area (Å²) in [6.07, 6.45) is 10.9. The highest BCUT2D eigenvalue weighted by atomic mass is 16.6. The van der Waals surface area contributed by atoms with E-state index < -0.39 is 0 Å². The van der Waals surface area contributed by atoms with E-state index in [4.69, 9.17) is 0 Å². The largest absolute Gasteiger partial charge is 0.265 e. The second-order valence-corrected chi connectivity index (χ2v) is 2.53. The van der Waals surface area contributed by atoms with Gasteiger partial charge in [-0.15, -0.1) is 12.8 Å². The molecule has 0 radical (unpaired) electrons. The molecule has 0 saturated heterocycles. The molecule has 0 saturated carbocycles. The lowest BCUT2D eigenvalue weighted by Crippen LogP contribution is -2.07. The Hall–Kier alpha value is -1.04. The Morgan fingerprint density at radius 1 is 1.33 bits per heavy atom. The average molecular weight is 171 g/mol. The zero-order valence-electron chi connectivity index (χ0n) is 7.82. The molecule has 12 heavy (non-hydrogen) atoms. The van der Waals surface area contributed by atoms with E-state index in [-0.39, 0.29) is 11.5 Å². The van der Waals surface area contributed by atoms with Crippen LogP contribution in [0.1, 0.15) is 33.1 Å². The Balaban J connectivity index is 0. The fourth-order valence-electron chi connectivity index (χ4n) is 0.985. The molecule has 0 aliphatic rings. The molecule has 0 heterocycles. The minimum atomic E-state index is -0.238. The molecule has 3 heteroatoms. The van der Waals surface area contributed by atoms with E-state index in [0.29, 0.717) is 5.92 Å². The highest BCUT2D eigenvalue weighted by molar-refractivity contribution is 4.52. The Labute approximate surface area is 74.3 Å². The average Bonchev–Trinajstić information content (AvgIpc) is 2.09. The van der Waals surface area contributed by atoms with E-state index in [1.165, 1.54) is 0 Å². The van der Waals surface area contributed by atoms with Gasteiger partial charge in [0.15, 0.2) is 0 Å². The topological polar surface area (TPSA) is 43.1 Å². The van der Waals surface area contributed by atoms with Crippen molar-refractivity contribution < 1.29 is 4.92 Å². The number of rotatable bonds is 5. The molecule has 70 valence electrons. The first-order chi connectivity index (χ1) is 5.70. The van der Waals surface area contributed by atoms with E-state index in [9.17, 15) is 10.1 Å². The van der Waals surface area contributed by atoms with E-state index in [1.807, 2.05) is 0 Å². The molecule has 0 amide bonds. The molecule has 0 bridgehead atoms. The minimum Gasteiger partial charge on any atom is -0.265 e. The van der Waals surface area contributed by atoms with Gasteiger partial charge in [0.25, 0.3) is 0 Å². The monoisotopic (exact) mass is 171 g/mol. The molecular weight excluding hydrogens is 154 g/mol. The van der Waals surface area contributed by atoms with Crippen molar-refractivity contribution >= 4 is 0 Å². The molecule has 0 unspecified atom stereocenters. The van der Waals surface area contributed by atoms with Gasteiger partial charge >= 0.3 is 0 Å². The van der Waals surface area contributed by atoms with Gasteiger partial charge in [0.05, 0.1) is 0 Å². The van der Waals surface area contributed by atoms with Gasteiger partial charge in [-0.2, -0.15) is 0 Å². The number of terminal acetylenes is 1. The molecule has 0 aromatic heterocycles. The Morgan fingerprint density at radius 3 is 2.00 bits per heavy atom. The second-order valence-electron chi connectivity index (χ2n) is 2.53. The van der Waals surface area contributed by atoms with Crippen molar-refractivity contribution in [2.45, 2.75) is 33.1 Å². The maximum Gasteiger partial charge on any atom is 0.204 e. The normalized spacial score (nSPS) is 8.75. The van der Waals surface area contributed by atoms with Gasteiger partial charge in [-0.25, -0.2) is 0 Å². The third-order valence-corrected chi connectivity index (χ3v) is 1.87. The quantitative estimate of drug-likeness (QED) is 0.362. The zero-order chi connectivity index (χ0) is 9.98. The maximum atomic E-state index is 9.94. The molecule has 0 spiro atoms. The Morgan fingerprint density at radius 2 is 1.75 bits per heavy atom. The first kappa shape index (κ1) is 13.5. The number of hydrogen-bond donors (Lipinski definition) is 0. The van der Waals surface area contributed by atoms with Gasteiger partial charge in [-0.3, -0.25) is 10.1 Å². The third-order valence-electron chi connectivity index (χ3n) is 1.87. The van der Waals surface area contributed by atoms with E-state index in [2.05, 4.69) is 26.7 Å². The van der Waals surface area contributed by atoms with Gasteiger partial charge in [-0.05, 0) is 5.92 Å². The van der Waals surface area contributed by atoms with Crippen molar-refractivity contribution in [1.82, 2.24) is 0 Å². The standard InChI is InChI=1S/C7H15NO2.C2H2/c1-3-7(4-2)5-6-8(9)10;1-2/h7H,3-6H2,1-2H3;1-2H. The van der Waals surface area contributed by atoms with Crippen LogP contribution in [0, 0.1) is 28.9 Å². The summed E-state index contributed by atoms with van der Waals surface area (Å²) in [5.74, 6) is 0.547. The molecule has 0 aromatic carbocycles. The van der Waals surface area contributed by atoms with Gasteiger partial charge < -0.3 is 0 Å². The van der Waals surface area contributed by atoms with Crippen molar-refractivity contribution in [3.05, 3.63) is 10.1 Å². The summed E-state index contributed by atoms with van der Waals surface area (Å²) in [5.41, 5.74) is 0. The van der Waals surface area contributed by atoms with Crippen molar-refractivity contribution in [3.8, 4) is 12.8 Å². The van der Waals surface area contributed by atoms with Crippen molar-refractivity contribution in [3.63, 3.8) is 0 Å². The summed E-state index contributed by atoms with van der Waals surface area (Å²) in [4.78, 5) is 9.70. The molecule has 0 aliphatic carbocycles. The van der Waals surface area contributed by atoms with Crippen molar-refractivity contribution in [2.75, 3.05) is 6.54 Å². The van der Waals surface area contributed by atoms with E-state index in [1.54, 1.807) is 0 Å². The zero-order valence-corrected chi connectivity index (χ0v) is 7.82. The van der Waals surface area contributed by atoms with Crippen LogP contribution < -0.4 is 0 Å². The van der Waals surface area contributed by atoms with Crippen molar-refractivity contribution in [1.29, 1.82) is 0 Å². The molecule has 0 atom stereocenters. The van der Waals surface area contributed by atoms with Gasteiger partial charge in [0, 0.05) is 11.3 Å². The fraction of sp³-hybridized carbons (Fsp3) is 0.778. The lowest BCUT2D eigenvalue weighted by molar-refractivity contribution is -0.481. The summed E-state index contributed by atoms with van der Waals surface area (Å²) in [7, 11) is 0. The SMILES string of the molecule is C#C.CCC(CC)CC[N+](=O)[O-]. The van der Waals surface area contributed by atoms with Crippen LogP contribution in [0.3, 0.4) is 0 Å². The van der Waals surface area contributed by atoms with Gasteiger partial charge in [0.1, 0.15) is 0 Å². The van der Waals surface area contributed by atoms with Crippen LogP contribution >= 0.6 is 0 Å². The predicted octanol–water partition coefficient (Wildman–Crippen LogP) is 2.34. The lowest BCUT2D eigenvalue weighted by atomic mass is 10.00. The fourth-order valence-corrected chi connectivity index (χ4v) is 0.985. The Bertz CT molecular complexity index is 128. The summed E-state index contributed by atoms with van der Waals surface area (Å²) < 4.78 is 0. The first-order valence-corrected chi connectivity index (χ1v) is 4.15. The molecule has 0 fully saturated rings. The summed E-state index contributed by atoms with van der Waals surface area (Å²) in [5, 5.41) is 9.94. The molecule has 3 nitrogen and oxygen atoms in total. The number of hydrogen-bond acceptors (Lipinski definition) is 2. The van der Waals surface area contributed by atoms with Crippen LogP contribution in [-0.2, 0) is 0 Å². The van der Waals surface area contributed by atoms with Gasteiger partial charge in [0.2, 0.25) is 6.54 Å². The van der Waals surface area contributed by atoms with Crippen LogP contribution in [0.4, 0.5) is 0 Å². The summed E-state index contributed by atoms with van der Waals surface area (Å²) >= 11 is 0. The first-order valence-electron chi connectivity index (χ1n) is 4.15. The highest BCUT2D eigenvalue weighted by Gasteiger charge is 2.06. The lowest BCUT2D eigenvalue weighted by Gasteiger charge is -2.07. The smallest absolute Gasteiger partial charge is 0.204 e. The van der Waals surface area contributed by atoms with Crippen LogP contribution in [0.15, 0.2) is 0 Å². The van der Waals surface area contributed by atoms with E-state index >= 15 is 0 Å². The van der Waals surface area contributed by atoms with Crippen LogP contribution in [-0.4, -0.2) is 11.5 Å². The molecule has 0 N–H and O–H groups in total. The molecule has 0 rings (SSSR count). The van der Waals surface area contributed by atoms with Crippen LogP contribution in [0.5, 0.6) is 0 Å². The minimum absolute atomic E-state index is 0.131. The number of nitrogens with zero attached hydrogens (tertiary/aromatic N) is 1. The predicted molar refractivity (Wildman–Crippen MR) is 50.4 cm³/mol. The summed E-state index contributed by atoms with van der Waals surface area (Å²) in [6.45, 7) is 4.29. The summed E-state index contributed by atoms with van der Waals surface area (Å²) in [6, 6.07) is 0. The van der Waals surface area contributed by atoms with Crippen molar-refractivity contribution in [2.24, 2.45) is 5.92 Å². The number of nitro groups is 1. The molecule has 0 aliphatic heterocycles.